The second-order valence-electron chi connectivity index (χ2n) is 6.06. The summed E-state index contributed by atoms with van der Waals surface area (Å²) < 4.78 is 10.3. The quantitative estimate of drug-likeness (QED) is 0.604. The van der Waals surface area contributed by atoms with Gasteiger partial charge in [0.05, 0.1) is 24.0 Å². The lowest BCUT2D eigenvalue weighted by Gasteiger charge is -2.18. The zero-order chi connectivity index (χ0) is 20.3. The molecule has 0 spiro atoms. The summed E-state index contributed by atoms with van der Waals surface area (Å²) in [6.45, 7) is 0.946. The van der Waals surface area contributed by atoms with Crippen molar-refractivity contribution in [1.29, 1.82) is 0 Å². The minimum Gasteiger partial charge on any atom is -0.495 e. The minimum atomic E-state index is -1.11. The maximum absolute atomic E-state index is 12.3. The number of carbonyl (C=O) groups is 4. The van der Waals surface area contributed by atoms with Crippen molar-refractivity contribution in [2.24, 2.45) is 0 Å². The third kappa shape index (κ3) is 3.71. The number of ketones is 1. The first-order chi connectivity index (χ1) is 13.4. The van der Waals surface area contributed by atoms with Crippen molar-refractivity contribution < 1.29 is 28.7 Å². The molecule has 0 unspecified atom stereocenters. The largest absolute Gasteiger partial charge is 0.495 e. The number of hydrogen-bond donors (Lipinski definition) is 1. The van der Waals surface area contributed by atoms with E-state index in [9.17, 15) is 19.2 Å². The maximum Gasteiger partial charge on any atom is 0.326 e. The van der Waals surface area contributed by atoms with Crippen LogP contribution >= 0.6 is 0 Å². The predicted octanol–water partition coefficient (Wildman–Crippen LogP) is 1.79. The summed E-state index contributed by atoms with van der Waals surface area (Å²) in [5.74, 6) is -2.37. The van der Waals surface area contributed by atoms with Gasteiger partial charge in [0, 0.05) is 0 Å². The molecule has 1 heterocycles. The van der Waals surface area contributed by atoms with Gasteiger partial charge in [0.25, 0.3) is 17.6 Å². The molecule has 0 bridgehead atoms. The highest BCUT2D eigenvalue weighted by molar-refractivity contribution is 6.52. The molecule has 0 radical (unpaired) electrons. The molecule has 1 atom stereocenters. The molecule has 0 saturated carbocycles. The van der Waals surface area contributed by atoms with Gasteiger partial charge in [-0.3, -0.25) is 24.1 Å². The van der Waals surface area contributed by atoms with Gasteiger partial charge in [-0.05, 0) is 31.2 Å². The molecule has 8 nitrogen and oxygen atoms in total. The first kappa shape index (κ1) is 19.1. The van der Waals surface area contributed by atoms with Gasteiger partial charge < -0.3 is 14.8 Å². The van der Waals surface area contributed by atoms with Gasteiger partial charge in [0.1, 0.15) is 12.3 Å². The first-order valence-electron chi connectivity index (χ1n) is 8.51. The Morgan fingerprint density at radius 1 is 1.07 bits per heavy atom. The summed E-state index contributed by atoms with van der Waals surface area (Å²) in [7, 11) is 1.47. The average molecular weight is 382 g/mol. The number of esters is 1. The number of carbonyl (C=O) groups excluding carboxylic acids is 4. The van der Waals surface area contributed by atoms with Crippen molar-refractivity contribution in [3.63, 3.8) is 0 Å². The van der Waals surface area contributed by atoms with Crippen LogP contribution in [-0.4, -0.2) is 43.3 Å². The molecule has 2 aromatic rings. The van der Waals surface area contributed by atoms with E-state index in [1.54, 1.807) is 42.5 Å². The van der Waals surface area contributed by atoms with Gasteiger partial charge in [-0.25, -0.2) is 0 Å². The van der Waals surface area contributed by atoms with E-state index < -0.39 is 36.2 Å². The number of rotatable bonds is 6. The molecule has 144 valence electrons. The molecule has 0 fully saturated rings. The topological polar surface area (TPSA) is 102 Å². The van der Waals surface area contributed by atoms with Crippen LogP contribution in [-0.2, 0) is 19.1 Å². The van der Waals surface area contributed by atoms with Gasteiger partial charge in [-0.15, -0.1) is 0 Å². The van der Waals surface area contributed by atoms with Gasteiger partial charge in [-0.1, -0.05) is 24.3 Å². The number of amides is 2. The predicted molar refractivity (Wildman–Crippen MR) is 100 cm³/mol. The number of hydrogen-bond acceptors (Lipinski definition) is 6. The smallest absolute Gasteiger partial charge is 0.326 e. The zero-order valence-corrected chi connectivity index (χ0v) is 15.3. The van der Waals surface area contributed by atoms with Crippen LogP contribution < -0.4 is 15.0 Å². The van der Waals surface area contributed by atoms with E-state index in [1.807, 2.05) is 0 Å². The van der Waals surface area contributed by atoms with Crippen LogP contribution in [0.5, 0.6) is 5.75 Å². The number of nitrogens with one attached hydrogen (secondary N) is 1. The zero-order valence-electron chi connectivity index (χ0n) is 15.3. The molecule has 28 heavy (non-hydrogen) atoms. The molecule has 1 aliphatic rings. The van der Waals surface area contributed by atoms with Crippen molar-refractivity contribution in [1.82, 2.24) is 0 Å². The van der Waals surface area contributed by atoms with Gasteiger partial charge in [0.2, 0.25) is 0 Å². The summed E-state index contributed by atoms with van der Waals surface area (Å²) in [6, 6.07) is 13.2. The Labute approximate surface area is 161 Å². The maximum atomic E-state index is 12.3. The van der Waals surface area contributed by atoms with E-state index in [0.29, 0.717) is 17.1 Å². The van der Waals surface area contributed by atoms with Gasteiger partial charge >= 0.3 is 5.97 Å². The molecule has 2 aromatic carbocycles. The number of anilines is 2. The monoisotopic (exact) mass is 382 g/mol. The van der Waals surface area contributed by atoms with E-state index >= 15 is 0 Å². The standard InChI is InChI=1S/C20H18N2O6/c1-12(19(25)21-14-8-4-6-10-16(14)27-2)28-17(23)11-22-15-9-5-3-7-13(15)18(24)20(22)26/h3-10,12H,11H2,1-2H3,(H,21,25)/t12-/m1/s1. The Hall–Kier alpha value is -3.68. The summed E-state index contributed by atoms with van der Waals surface area (Å²) in [5.41, 5.74) is 1.02. The number of nitrogens with zero attached hydrogens (tertiary/aromatic N) is 1. The van der Waals surface area contributed by atoms with Crippen LogP contribution in [0.3, 0.4) is 0 Å². The molecular formula is C20H18N2O6. The van der Waals surface area contributed by atoms with Crippen LogP contribution in [0, 0.1) is 0 Å². The highest BCUT2D eigenvalue weighted by Crippen LogP contribution is 2.28. The summed E-state index contributed by atoms with van der Waals surface area (Å²) >= 11 is 0. The van der Waals surface area contributed by atoms with Crippen molar-refractivity contribution in [3.05, 3.63) is 54.1 Å². The first-order valence-corrected chi connectivity index (χ1v) is 8.51. The summed E-state index contributed by atoms with van der Waals surface area (Å²) in [5, 5.41) is 2.62. The molecule has 8 heteroatoms. The van der Waals surface area contributed by atoms with E-state index in [4.69, 9.17) is 9.47 Å². The number of ether oxygens (including phenoxy) is 2. The van der Waals surface area contributed by atoms with Crippen LogP contribution in [0.25, 0.3) is 0 Å². The van der Waals surface area contributed by atoms with Crippen LogP contribution in [0.1, 0.15) is 17.3 Å². The number of Topliss-reactive ketones (excluding diaryl/α,β-unsaturated/α-hetero) is 1. The Kier molecular flexibility index (Phi) is 5.39. The summed E-state index contributed by atoms with van der Waals surface area (Å²) in [6.07, 6.45) is -1.11. The van der Waals surface area contributed by atoms with Gasteiger partial charge in [-0.2, -0.15) is 0 Å². The second-order valence-corrected chi connectivity index (χ2v) is 6.06. The SMILES string of the molecule is COc1ccccc1NC(=O)[C@@H](C)OC(=O)CN1C(=O)C(=O)c2ccccc21. The van der Waals surface area contributed by atoms with Crippen molar-refractivity contribution in [3.8, 4) is 5.75 Å². The van der Waals surface area contributed by atoms with E-state index in [-0.39, 0.29) is 5.56 Å². The number of para-hydroxylation sites is 3. The third-order valence-electron chi connectivity index (χ3n) is 4.21. The van der Waals surface area contributed by atoms with Crippen LogP contribution in [0.15, 0.2) is 48.5 Å². The van der Waals surface area contributed by atoms with Crippen LogP contribution in [0.4, 0.5) is 11.4 Å². The lowest BCUT2D eigenvalue weighted by Crippen LogP contribution is -2.38. The molecular weight excluding hydrogens is 364 g/mol. The van der Waals surface area contributed by atoms with E-state index in [1.165, 1.54) is 20.1 Å². The van der Waals surface area contributed by atoms with Crippen molar-refractivity contribution >= 4 is 34.9 Å². The fourth-order valence-corrected chi connectivity index (χ4v) is 2.80. The fourth-order valence-electron chi connectivity index (χ4n) is 2.80. The van der Waals surface area contributed by atoms with E-state index in [0.717, 1.165) is 4.90 Å². The molecule has 1 N–H and O–H groups in total. The highest BCUT2D eigenvalue weighted by atomic mass is 16.5. The highest BCUT2D eigenvalue weighted by Gasteiger charge is 2.37. The Balaban J connectivity index is 1.62. The van der Waals surface area contributed by atoms with Crippen molar-refractivity contribution in [2.75, 3.05) is 23.9 Å². The molecule has 0 aliphatic carbocycles. The van der Waals surface area contributed by atoms with E-state index in [2.05, 4.69) is 5.32 Å². The fraction of sp³-hybridized carbons (Fsp3) is 0.200. The molecule has 0 aromatic heterocycles. The molecule has 3 rings (SSSR count). The lowest BCUT2D eigenvalue weighted by atomic mass is 10.1. The Bertz CT molecular complexity index is 955. The van der Waals surface area contributed by atoms with Crippen LogP contribution in [0.2, 0.25) is 0 Å². The molecule has 1 aliphatic heterocycles. The number of fused-ring (bicyclic) bond motifs is 1. The number of methoxy groups -OCH3 is 1. The Morgan fingerprint density at radius 3 is 2.50 bits per heavy atom. The summed E-state index contributed by atoms with van der Waals surface area (Å²) in [4.78, 5) is 49.6. The average Bonchev–Trinajstić information content (AvgIpc) is 2.93. The minimum absolute atomic E-state index is 0.238. The molecule has 2 amide bonds. The second kappa shape index (κ2) is 7.91. The van der Waals surface area contributed by atoms with Gasteiger partial charge in [0.15, 0.2) is 6.10 Å². The number of benzene rings is 2. The third-order valence-corrected chi connectivity index (χ3v) is 4.21. The molecule has 0 saturated heterocycles. The lowest BCUT2D eigenvalue weighted by molar-refractivity contribution is -0.152. The van der Waals surface area contributed by atoms with Crippen molar-refractivity contribution in [2.45, 2.75) is 13.0 Å². The Morgan fingerprint density at radius 2 is 1.75 bits per heavy atom. The normalized spacial score (nSPS) is 13.7.